The molecule has 182 valence electrons. The van der Waals surface area contributed by atoms with Crippen LogP contribution in [0.2, 0.25) is 10.0 Å². The average molecular weight is 516 g/mol. The number of anilines is 2. The van der Waals surface area contributed by atoms with E-state index in [1.54, 1.807) is 24.3 Å². The molecule has 1 aliphatic rings. The van der Waals surface area contributed by atoms with Crippen molar-refractivity contribution < 1.29 is 17.9 Å². The molecule has 0 spiro atoms. The Morgan fingerprint density at radius 2 is 1.70 bits per heavy atom. The van der Waals surface area contributed by atoms with Crippen molar-refractivity contribution in [2.24, 2.45) is 0 Å². The minimum atomic E-state index is -3.35. The Balaban J connectivity index is 0.000000479. The molecule has 1 heterocycles. The van der Waals surface area contributed by atoms with Crippen molar-refractivity contribution in [2.75, 3.05) is 42.7 Å². The van der Waals surface area contributed by atoms with E-state index in [0.717, 1.165) is 37.4 Å². The van der Waals surface area contributed by atoms with Crippen LogP contribution < -0.4 is 15.5 Å². The number of nitrogens with zero attached hydrogens (tertiary/aromatic N) is 1. The minimum absolute atomic E-state index is 0.282. The molecule has 1 aliphatic heterocycles. The predicted molar refractivity (Wildman–Crippen MR) is 135 cm³/mol. The number of benzene rings is 2. The van der Waals surface area contributed by atoms with Crippen molar-refractivity contribution in [3.05, 3.63) is 52.0 Å². The molecular weight excluding hydrogens is 485 g/mol. The monoisotopic (exact) mass is 515 g/mol. The third kappa shape index (κ3) is 9.41. The van der Waals surface area contributed by atoms with Crippen molar-refractivity contribution >= 4 is 50.9 Å². The van der Waals surface area contributed by atoms with Gasteiger partial charge in [0, 0.05) is 54.7 Å². The van der Waals surface area contributed by atoms with Crippen LogP contribution in [0.15, 0.2) is 41.3 Å². The van der Waals surface area contributed by atoms with Gasteiger partial charge in [-0.1, -0.05) is 23.2 Å². The first-order chi connectivity index (χ1) is 15.4. The highest BCUT2D eigenvalue weighted by Gasteiger charge is 2.17. The summed E-state index contributed by atoms with van der Waals surface area (Å²) in [5.41, 5.74) is 2.15. The van der Waals surface area contributed by atoms with Crippen LogP contribution >= 0.6 is 23.2 Å². The summed E-state index contributed by atoms with van der Waals surface area (Å²) in [4.78, 5) is 12.1. The molecule has 7 nitrogen and oxygen atoms in total. The highest BCUT2D eigenvalue weighted by atomic mass is 35.5. The van der Waals surface area contributed by atoms with Gasteiger partial charge in [0.15, 0.2) is 9.84 Å². The SMILES string of the molecule is CC(C)(C)OC=O.CS(=O)(=O)c1ccc(N2CCNCC2)cc1NCc1cc(Cl)cc(Cl)c1. The van der Waals surface area contributed by atoms with Crippen molar-refractivity contribution in [2.45, 2.75) is 37.8 Å². The second-order valence-corrected chi connectivity index (χ2v) is 11.5. The van der Waals surface area contributed by atoms with Gasteiger partial charge in [0.2, 0.25) is 0 Å². The molecule has 0 bridgehead atoms. The number of halogens is 2. The molecule has 33 heavy (non-hydrogen) atoms. The summed E-state index contributed by atoms with van der Waals surface area (Å²) < 4.78 is 28.9. The summed E-state index contributed by atoms with van der Waals surface area (Å²) >= 11 is 12.1. The van der Waals surface area contributed by atoms with Gasteiger partial charge in [-0.05, 0) is 62.7 Å². The molecule has 0 unspecified atom stereocenters. The Morgan fingerprint density at radius 1 is 1.09 bits per heavy atom. The highest BCUT2D eigenvalue weighted by molar-refractivity contribution is 7.90. The van der Waals surface area contributed by atoms with Gasteiger partial charge in [-0.25, -0.2) is 8.42 Å². The number of sulfone groups is 1. The topological polar surface area (TPSA) is 87.7 Å². The molecule has 1 saturated heterocycles. The maximum Gasteiger partial charge on any atom is 0.293 e. The van der Waals surface area contributed by atoms with Crippen molar-refractivity contribution in [1.29, 1.82) is 0 Å². The van der Waals surface area contributed by atoms with Crippen molar-refractivity contribution in [3.63, 3.8) is 0 Å². The van der Waals surface area contributed by atoms with Crippen LogP contribution in [0.1, 0.15) is 26.3 Å². The van der Waals surface area contributed by atoms with Crippen LogP contribution in [0, 0.1) is 0 Å². The van der Waals surface area contributed by atoms with Crippen LogP contribution in [0.25, 0.3) is 0 Å². The molecular formula is C23H31Cl2N3O4S. The standard InChI is InChI=1S/C18H21Cl2N3O2S.C5H10O2/c1-26(24,25)18-3-2-16(23-6-4-21-5-7-23)11-17(18)22-12-13-8-14(19)10-15(20)9-13;1-5(2,3)7-4-6/h2-3,8-11,21-22H,4-7,12H2,1H3;4H,1-3H3. The Hall–Kier alpha value is -2.00. The second-order valence-electron chi connectivity index (χ2n) is 8.65. The van der Waals surface area contributed by atoms with E-state index in [0.29, 0.717) is 28.7 Å². The van der Waals surface area contributed by atoms with E-state index in [2.05, 4.69) is 20.3 Å². The first-order valence-corrected chi connectivity index (χ1v) is 13.1. The van der Waals surface area contributed by atoms with E-state index in [9.17, 15) is 13.2 Å². The fraction of sp³-hybridized carbons (Fsp3) is 0.435. The summed E-state index contributed by atoms with van der Waals surface area (Å²) in [6, 6.07) is 10.7. The van der Waals surface area contributed by atoms with E-state index in [-0.39, 0.29) is 10.5 Å². The third-order valence-corrected chi connectivity index (χ3v) is 6.24. The van der Waals surface area contributed by atoms with Gasteiger partial charge in [0.25, 0.3) is 6.47 Å². The zero-order chi connectivity index (χ0) is 24.6. The molecule has 0 saturated carbocycles. The number of hydrogen-bond donors (Lipinski definition) is 2. The van der Waals surface area contributed by atoms with Crippen LogP contribution in [-0.2, 0) is 25.9 Å². The maximum atomic E-state index is 12.2. The number of ether oxygens (including phenoxy) is 1. The summed E-state index contributed by atoms with van der Waals surface area (Å²) in [5, 5.41) is 7.64. The Morgan fingerprint density at radius 3 is 2.18 bits per heavy atom. The molecule has 10 heteroatoms. The van der Waals surface area contributed by atoms with Gasteiger partial charge in [0.05, 0.1) is 10.6 Å². The van der Waals surface area contributed by atoms with E-state index in [1.807, 2.05) is 32.9 Å². The lowest BCUT2D eigenvalue weighted by atomic mass is 10.2. The van der Waals surface area contributed by atoms with Gasteiger partial charge in [-0.15, -0.1) is 0 Å². The van der Waals surface area contributed by atoms with Gasteiger partial charge in [-0.3, -0.25) is 4.79 Å². The average Bonchev–Trinajstić information content (AvgIpc) is 2.71. The van der Waals surface area contributed by atoms with Crippen molar-refractivity contribution in [3.8, 4) is 0 Å². The Labute approximate surface area is 206 Å². The quantitative estimate of drug-likeness (QED) is 0.551. The third-order valence-electron chi connectivity index (χ3n) is 4.65. The first-order valence-electron chi connectivity index (χ1n) is 10.5. The molecule has 0 aromatic heterocycles. The molecule has 3 rings (SSSR count). The molecule has 1 fully saturated rings. The molecule has 0 aliphatic carbocycles. The van der Waals surface area contributed by atoms with Gasteiger partial charge in [0.1, 0.15) is 5.60 Å². The maximum absolute atomic E-state index is 12.2. The summed E-state index contributed by atoms with van der Waals surface area (Å²) in [7, 11) is -3.35. The number of piperazine rings is 1. The number of rotatable bonds is 6. The lowest BCUT2D eigenvalue weighted by Gasteiger charge is -2.30. The molecule has 2 aromatic carbocycles. The Bertz CT molecular complexity index is 1030. The first kappa shape index (κ1) is 27.2. The smallest absolute Gasteiger partial charge is 0.293 e. The van der Waals surface area contributed by atoms with Gasteiger partial charge in [-0.2, -0.15) is 0 Å². The molecule has 2 N–H and O–H groups in total. The van der Waals surface area contributed by atoms with E-state index in [4.69, 9.17) is 23.2 Å². The van der Waals surface area contributed by atoms with Gasteiger partial charge < -0.3 is 20.3 Å². The lowest BCUT2D eigenvalue weighted by molar-refractivity contribution is -0.138. The zero-order valence-corrected chi connectivity index (χ0v) is 21.6. The second kappa shape index (κ2) is 11.9. The summed E-state index contributed by atoms with van der Waals surface area (Å²) in [6.07, 6.45) is 1.22. The van der Waals surface area contributed by atoms with Crippen LogP contribution in [0.3, 0.4) is 0 Å². The number of carbonyl (C=O) groups is 1. The number of hydrogen-bond acceptors (Lipinski definition) is 7. The summed E-state index contributed by atoms with van der Waals surface area (Å²) in [5.74, 6) is 0. The van der Waals surface area contributed by atoms with E-state index in [1.165, 1.54) is 6.26 Å². The molecule has 0 amide bonds. The lowest BCUT2D eigenvalue weighted by Crippen LogP contribution is -2.43. The normalized spacial score (nSPS) is 14.2. The highest BCUT2D eigenvalue weighted by Crippen LogP contribution is 2.29. The molecule has 0 radical (unpaired) electrons. The molecule has 0 atom stereocenters. The summed E-state index contributed by atoms with van der Waals surface area (Å²) in [6.45, 7) is 9.95. The van der Waals surface area contributed by atoms with Gasteiger partial charge >= 0.3 is 0 Å². The van der Waals surface area contributed by atoms with E-state index < -0.39 is 9.84 Å². The fourth-order valence-electron chi connectivity index (χ4n) is 3.15. The largest absolute Gasteiger partial charge is 0.462 e. The fourth-order valence-corrected chi connectivity index (χ4v) is 4.57. The molecule has 2 aromatic rings. The minimum Gasteiger partial charge on any atom is -0.462 e. The Kier molecular flexibility index (Phi) is 9.84. The van der Waals surface area contributed by atoms with E-state index >= 15 is 0 Å². The van der Waals surface area contributed by atoms with Crippen LogP contribution in [-0.4, -0.2) is 52.9 Å². The predicted octanol–water partition coefficient (Wildman–Crippen LogP) is 4.38. The zero-order valence-electron chi connectivity index (χ0n) is 19.3. The van der Waals surface area contributed by atoms with Crippen LogP contribution in [0.4, 0.5) is 11.4 Å². The number of carbonyl (C=O) groups excluding carboxylic acids is 1. The van der Waals surface area contributed by atoms with Crippen molar-refractivity contribution in [1.82, 2.24) is 5.32 Å². The van der Waals surface area contributed by atoms with Crippen LogP contribution in [0.5, 0.6) is 0 Å². The number of nitrogens with one attached hydrogen (secondary N) is 2.